The molecular formula is C15H14BrN3OS. The molecule has 0 fully saturated rings. The van der Waals surface area contributed by atoms with E-state index in [1.54, 1.807) is 31.2 Å². The lowest BCUT2D eigenvalue weighted by molar-refractivity contribution is 0.102. The Hall–Kier alpha value is -1.79. The fourth-order valence-corrected chi connectivity index (χ4v) is 2.48. The first kappa shape index (κ1) is 15.6. The van der Waals surface area contributed by atoms with Gasteiger partial charge in [0.1, 0.15) is 4.99 Å². The van der Waals surface area contributed by atoms with Gasteiger partial charge in [-0.15, -0.1) is 0 Å². The van der Waals surface area contributed by atoms with Crippen molar-refractivity contribution in [2.75, 3.05) is 5.32 Å². The van der Waals surface area contributed by atoms with Crippen molar-refractivity contribution in [2.45, 2.75) is 13.8 Å². The molecule has 0 spiro atoms. The number of nitrogens with two attached hydrogens (primary N) is 1. The van der Waals surface area contributed by atoms with Crippen molar-refractivity contribution >= 4 is 44.7 Å². The molecule has 21 heavy (non-hydrogen) atoms. The standard InChI is InChI=1S/C15H14BrN3OS/c1-8-3-5-11(9(2)18-8)15(20)19-13-6-4-10(16)7-12(13)14(17)21/h3-7H,1-2H3,(H2,17,21)(H,19,20). The molecule has 0 saturated heterocycles. The molecule has 0 saturated carbocycles. The van der Waals surface area contributed by atoms with Crippen LogP contribution in [0.2, 0.25) is 0 Å². The van der Waals surface area contributed by atoms with Crippen LogP contribution in [0, 0.1) is 13.8 Å². The van der Waals surface area contributed by atoms with Gasteiger partial charge in [-0.2, -0.15) is 0 Å². The molecule has 2 rings (SSSR count). The molecule has 108 valence electrons. The van der Waals surface area contributed by atoms with Gasteiger partial charge in [0.25, 0.3) is 5.91 Å². The molecule has 0 atom stereocenters. The summed E-state index contributed by atoms with van der Waals surface area (Å²) in [6.45, 7) is 3.69. The molecule has 0 aliphatic heterocycles. The van der Waals surface area contributed by atoms with Crippen LogP contribution in [0.15, 0.2) is 34.8 Å². The zero-order chi connectivity index (χ0) is 15.6. The number of benzene rings is 1. The molecule has 0 aliphatic rings. The Morgan fingerprint density at radius 1 is 1.24 bits per heavy atom. The lowest BCUT2D eigenvalue weighted by atomic mass is 10.1. The summed E-state index contributed by atoms with van der Waals surface area (Å²) in [5.41, 5.74) is 8.97. The first-order valence-electron chi connectivity index (χ1n) is 6.23. The van der Waals surface area contributed by atoms with Gasteiger partial charge in [0.05, 0.1) is 16.9 Å². The predicted molar refractivity (Wildman–Crippen MR) is 91.7 cm³/mol. The highest BCUT2D eigenvalue weighted by Crippen LogP contribution is 2.22. The van der Waals surface area contributed by atoms with Crippen molar-refractivity contribution in [2.24, 2.45) is 5.73 Å². The molecule has 1 aromatic heterocycles. The van der Waals surface area contributed by atoms with E-state index in [1.165, 1.54) is 0 Å². The Kier molecular flexibility index (Phi) is 4.69. The van der Waals surface area contributed by atoms with Crippen LogP contribution in [-0.2, 0) is 0 Å². The minimum Gasteiger partial charge on any atom is -0.389 e. The smallest absolute Gasteiger partial charge is 0.257 e. The van der Waals surface area contributed by atoms with Gasteiger partial charge >= 0.3 is 0 Å². The second-order valence-electron chi connectivity index (χ2n) is 4.59. The molecule has 3 N–H and O–H groups in total. The number of thiocarbonyl (C=S) groups is 1. The summed E-state index contributed by atoms with van der Waals surface area (Å²) in [4.78, 5) is 16.9. The first-order valence-corrected chi connectivity index (χ1v) is 7.43. The average molecular weight is 364 g/mol. The monoisotopic (exact) mass is 363 g/mol. The Morgan fingerprint density at radius 2 is 1.95 bits per heavy atom. The molecule has 0 radical (unpaired) electrons. The molecule has 0 aliphatic carbocycles. The number of rotatable bonds is 3. The Balaban J connectivity index is 2.34. The van der Waals surface area contributed by atoms with Crippen molar-refractivity contribution in [3.05, 3.63) is 57.3 Å². The number of amides is 1. The summed E-state index contributed by atoms with van der Waals surface area (Å²) in [6, 6.07) is 8.91. The summed E-state index contributed by atoms with van der Waals surface area (Å²) in [7, 11) is 0. The van der Waals surface area contributed by atoms with Crippen molar-refractivity contribution < 1.29 is 4.79 Å². The topological polar surface area (TPSA) is 68.0 Å². The third-order valence-electron chi connectivity index (χ3n) is 2.96. The lowest BCUT2D eigenvalue weighted by Gasteiger charge is -2.12. The zero-order valence-corrected chi connectivity index (χ0v) is 14.0. The van der Waals surface area contributed by atoms with E-state index >= 15 is 0 Å². The van der Waals surface area contributed by atoms with Crippen LogP contribution in [0.5, 0.6) is 0 Å². The largest absolute Gasteiger partial charge is 0.389 e. The SMILES string of the molecule is Cc1ccc(C(=O)Nc2ccc(Br)cc2C(N)=S)c(C)n1. The number of halogens is 1. The number of anilines is 1. The molecule has 4 nitrogen and oxygen atoms in total. The van der Waals surface area contributed by atoms with E-state index in [9.17, 15) is 4.79 Å². The molecule has 2 aromatic rings. The summed E-state index contributed by atoms with van der Waals surface area (Å²) >= 11 is 8.37. The van der Waals surface area contributed by atoms with Crippen LogP contribution in [0.25, 0.3) is 0 Å². The van der Waals surface area contributed by atoms with E-state index < -0.39 is 0 Å². The number of nitrogens with zero attached hydrogens (tertiary/aromatic N) is 1. The zero-order valence-electron chi connectivity index (χ0n) is 11.6. The number of carbonyl (C=O) groups is 1. The number of hydrogen-bond acceptors (Lipinski definition) is 3. The fraction of sp³-hybridized carbons (Fsp3) is 0.133. The number of pyridine rings is 1. The molecule has 1 amide bonds. The second kappa shape index (κ2) is 6.32. The van der Waals surface area contributed by atoms with Gasteiger partial charge in [-0.3, -0.25) is 9.78 Å². The molecule has 0 bridgehead atoms. The minimum absolute atomic E-state index is 0.227. The number of aromatic nitrogens is 1. The number of carbonyl (C=O) groups excluding carboxylic acids is 1. The van der Waals surface area contributed by atoms with Crippen LogP contribution < -0.4 is 11.1 Å². The number of hydrogen-bond donors (Lipinski definition) is 2. The Bertz CT molecular complexity index is 731. The molecule has 1 aromatic carbocycles. The first-order chi connectivity index (χ1) is 9.88. The van der Waals surface area contributed by atoms with Crippen molar-refractivity contribution in [1.82, 2.24) is 4.98 Å². The maximum absolute atomic E-state index is 12.4. The Labute approximate surface area is 136 Å². The highest BCUT2D eigenvalue weighted by molar-refractivity contribution is 9.10. The highest BCUT2D eigenvalue weighted by Gasteiger charge is 2.13. The van der Waals surface area contributed by atoms with Gasteiger partial charge in [0.2, 0.25) is 0 Å². The van der Waals surface area contributed by atoms with Crippen molar-refractivity contribution in [3.8, 4) is 0 Å². The van der Waals surface area contributed by atoms with Crippen LogP contribution in [-0.4, -0.2) is 15.9 Å². The minimum atomic E-state index is -0.236. The van der Waals surface area contributed by atoms with Crippen LogP contribution in [0.1, 0.15) is 27.3 Å². The molecule has 6 heteroatoms. The van der Waals surface area contributed by atoms with E-state index in [0.717, 1.165) is 10.2 Å². The fourth-order valence-electron chi connectivity index (χ4n) is 1.95. The summed E-state index contributed by atoms with van der Waals surface area (Å²) < 4.78 is 0.844. The molecule has 0 unspecified atom stereocenters. The predicted octanol–water partition coefficient (Wildman–Crippen LogP) is 3.35. The van der Waals surface area contributed by atoms with E-state index in [1.807, 2.05) is 13.0 Å². The second-order valence-corrected chi connectivity index (χ2v) is 5.95. The van der Waals surface area contributed by atoms with Crippen LogP contribution in [0.3, 0.4) is 0 Å². The Morgan fingerprint density at radius 3 is 2.57 bits per heavy atom. The normalized spacial score (nSPS) is 10.2. The van der Waals surface area contributed by atoms with Crippen LogP contribution >= 0.6 is 28.1 Å². The third-order valence-corrected chi connectivity index (χ3v) is 3.68. The molecule has 1 heterocycles. The van der Waals surface area contributed by atoms with Gasteiger partial charge in [-0.05, 0) is 44.2 Å². The van der Waals surface area contributed by atoms with Crippen molar-refractivity contribution in [1.29, 1.82) is 0 Å². The maximum atomic E-state index is 12.4. The van der Waals surface area contributed by atoms with Gasteiger partial charge in [0, 0.05) is 15.7 Å². The van der Waals surface area contributed by atoms with Gasteiger partial charge in [-0.1, -0.05) is 28.1 Å². The van der Waals surface area contributed by atoms with Gasteiger partial charge < -0.3 is 11.1 Å². The van der Waals surface area contributed by atoms with Gasteiger partial charge in [0.15, 0.2) is 0 Å². The summed E-state index contributed by atoms with van der Waals surface area (Å²) in [5.74, 6) is -0.236. The van der Waals surface area contributed by atoms with E-state index in [4.69, 9.17) is 18.0 Å². The van der Waals surface area contributed by atoms with E-state index in [-0.39, 0.29) is 10.9 Å². The summed E-state index contributed by atoms with van der Waals surface area (Å²) in [5, 5.41) is 2.83. The quantitative estimate of drug-likeness (QED) is 0.820. The highest BCUT2D eigenvalue weighted by atomic mass is 79.9. The van der Waals surface area contributed by atoms with Crippen LogP contribution in [0.4, 0.5) is 5.69 Å². The van der Waals surface area contributed by atoms with E-state index in [2.05, 4.69) is 26.2 Å². The average Bonchev–Trinajstić information content (AvgIpc) is 2.40. The number of nitrogens with one attached hydrogen (secondary N) is 1. The van der Waals surface area contributed by atoms with Gasteiger partial charge in [-0.25, -0.2) is 0 Å². The maximum Gasteiger partial charge on any atom is 0.257 e. The van der Waals surface area contributed by atoms with E-state index in [0.29, 0.717) is 22.5 Å². The lowest BCUT2D eigenvalue weighted by Crippen LogP contribution is -2.18. The third kappa shape index (κ3) is 3.65. The molecular weight excluding hydrogens is 350 g/mol. The summed E-state index contributed by atoms with van der Waals surface area (Å²) in [6.07, 6.45) is 0. The van der Waals surface area contributed by atoms with Crippen molar-refractivity contribution in [3.63, 3.8) is 0 Å². The number of aryl methyl sites for hydroxylation is 2.